The summed E-state index contributed by atoms with van der Waals surface area (Å²) < 4.78 is 5.41. The number of rotatable bonds is 1. The topological polar surface area (TPSA) is 29.8 Å². The molecule has 1 radical (unpaired) electrons. The minimum atomic E-state index is 0.336. The lowest BCUT2D eigenvalue weighted by molar-refractivity contribution is -0.00954. The van der Waals surface area contributed by atoms with E-state index in [9.17, 15) is 0 Å². The average molecular weight is 184 g/mol. The van der Waals surface area contributed by atoms with Gasteiger partial charge >= 0.3 is 0 Å². The number of nitrogens with zero attached hydrogens (tertiary/aromatic N) is 3. The van der Waals surface area contributed by atoms with Gasteiger partial charge in [-0.15, -0.1) is 0 Å². The van der Waals surface area contributed by atoms with Crippen LogP contribution in [0.5, 0.6) is 0 Å². The zero-order chi connectivity index (χ0) is 9.10. The van der Waals surface area contributed by atoms with Crippen LogP contribution in [0.15, 0.2) is 0 Å². The van der Waals surface area contributed by atoms with Crippen LogP contribution in [0.3, 0.4) is 0 Å². The van der Waals surface area contributed by atoms with E-state index < -0.39 is 0 Å². The molecular weight excluding hydrogens is 166 g/mol. The fraction of sp³-hybridized carbons (Fsp3) is 1.00. The summed E-state index contributed by atoms with van der Waals surface area (Å²) in [5, 5.41) is 4.56. The largest absolute Gasteiger partial charge is 0.377 e. The van der Waals surface area contributed by atoms with Gasteiger partial charge < -0.3 is 9.64 Å². The van der Waals surface area contributed by atoms with E-state index in [1.807, 2.05) is 0 Å². The van der Waals surface area contributed by atoms with Crippen molar-refractivity contribution >= 4 is 0 Å². The van der Waals surface area contributed by atoms with Crippen LogP contribution < -0.4 is 5.32 Å². The molecule has 0 saturated carbocycles. The number of hydrogen-bond donors (Lipinski definition) is 0. The normalized spacial score (nSPS) is 33.5. The molecule has 2 aliphatic heterocycles. The third-order valence-electron chi connectivity index (χ3n) is 2.80. The van der Waals surface area contributed by atoms with Crippen LogP contribution in [0.1, 0.15) is 0 Å². The van der Waals surface area contributed by atoms with Crippen molar-refractivity contribution < 1.29 is 4.74 Å². The highest BCUT2D eigenvalue weighted by Crippen LogP contribution is 2.06. The van der Waals surface area contributed by atoms with E-state index in [0.29, 0.717) is 6.17 Å². The average Bonchev–Trinajstić information content (AvgIpc) is 2.20. The summed E-state index contributed by atoms with van der Waals surface area (Å²) in [6.07, 6.45) is 0.336. The first kappa shape index (κ1) is 9.40. The van der Waals surface area contributed by atoms with E-state index in [4.69, 9.17) is 4.74 Å². The van der Waals surface area contributed by atoms with E-state index >= 15 is 0 Å². The molecule has 0 aromatic rings. The molecular formula is C9H18N3O. The molecule has 4 nitrogen and oxygen atoms in total. The Morgan fingerprint density at radius 2 is 2.00 bits per heavy atom. The second-order valence-corrected chi connectivity index (χ2v) is 3.80. The molecule has 1 unspecified atom stereocenters. The van der Waals surface area contributed by atoms with Gasteiger partial charge in [0.1, 0.15) is 0 Å². The maximum absolute atomic E-state index is 5.41. The maximum atomic E-state index is 5.41. The van der Waals surface area contributed by atoms with Gasteiger partial charge in [0.15, 0.2) is 0 Å². The number of hydrogen-bond acceptors (Lipinski definition) is 3. The predicted octanol–water partition coefficient (Wildman–Crippen LogP) is -0.805. The van der Waals surface area contributed by atoms with Crippen LogP contribution in [-0.4, -0.2) is 69.0 Å². The van der Waals surface area contributed by atoms with Crippen molar-refractivity contribution in [2.45, 2.75) is 6.17 Å². The van der Waals surface area contributed by atoms with Crippen LogP contribution in [0.2, 0.25) is 0 Å². The Balaban J connectivity index is 1.79. The highest BCUT2D eigenvalue weighted by atomic mass is 16.5. The van der Waals surface area contributed by atoms with Crippen LogP contribution in [0.25, 0.3) is 0 Å². The summed E-state index contributed by atoms with van der Waals surface area (Å²) in [6, 6.07) is 0. The molecule has 2 rings (SSSR count). The maximum Gasteiger partial charge on any atom is 0.0999 e. The lowest BCUT2D eigenvalue weighted by Crippen LogP contribution is -2.55. The fourth-order valence-corrected chi connectivity index (χ4v) is 1.85. The van der Waals surface area contributed by atoms with E-state index in [0.717, 1.165) is 45.9 Å². The first-order valence-corrected chi connectivity index (χ1v) is 5.03. The molecule has 75 valence electrons. The smallest absolute Gasteiger partial charge is 0.0999 e. The zero-order valence-corrected chi connectivity index (χ0v) is 8.28. The van der Waals surface area contributed by atoms with Crippen LogP contribution in [0.4, 0.5) is 0 Å². The standard InChI is InChI=1S/C9H18N3O/c1-11-3-5-12(6-4-11)9-8-13-7-2-10-9/h9H,2-8H2,1H3. The molecule has 0 spiro atoms. The highest BCUT2D eigenvalue weighted by molar-refractivity contribution is 4.77. The summed E-state index contributed by atoms with van der Waals surface area (Å²) in [5.74, 6) is 0. The molecule has 0 aromatic heterocycles. The molecule has 0 amide bonds. The molecule has 2 saturated heterocycles. The SMILES string of the molecule is CN1CCN(C2COCC[N]2)CC1. The quantitative estimate of drug-likeness (QED) is 0.534. The summed E-state index contributed by atoms with van der Waals surface area (Å²) >= 11 is 0. The van der Waals surface area contributed by atoms with Crippen molar-refractivity contribution in [2.24, 2.45) is 0 Å². The summed E-state index contributed by atoms with van der Waals surface area (Å²) in [7, 11) is 2.17. The molecule has 0 aromatic carbocycles. The number of likely N-dealkylation sites (N-methyl/N-ethyl adjacent to an activating group) is 1. The van der Waals surface area contributed by atoms with Crippen molar-refractivity contribution in [3.05, 3.63) is 0 Å². The first-order valence-electron chi connectivity index (χ1n) is 5.03. The van der Waals surface area contributed by atoms with Gasteiger partial charge in [-0.25, -0.2) is 5.32 Å². The molecule has 0 N–H and O–H groups in total. The molecule has 13 heavy (non-hydrogen) atoms. The van der Waals surface area contributed by atoms with Crippen molar-refractivity contribution in [3.8, 4) is 0 Å². The zero-order valence-electron chi connectivity index (χ0n) is 8.28. The monoisotopic (exact) mass is 184 g/mol. The Hall–Kier alpha value is -0.160. The molecule has 0 aliphatic carbocycles. The minimum Gasteiger partial charge on any atom is -0.377 e. The summed E-state index contributed by atoms with van der Waals surface area (Å²) in [6.45, 7) is 7.06. The van der Waals surface area contributed by atoms with Gasteiger partial charge in [0.25, 0.3) is 0 Å². The van der Waals surface area contributed by atoms with Gasteiger partial charge in [0.05, 0.1) is 19.4 Å². The third kappa shape index (κ3) is 2.40. The third-order valence-corrected chi connectivity index (χ3v) is 2.80. The molecule has 2 fully saturated rings. The summed E-state index contributed by atoms with van der Waals surface area (Å²) in [4.78, 5) is 4.79. The predicted molar refractivity (Wildman–Crippen MR) is 50.7 cm³/mol. The van der Waals surface area contributed by atoms with E-state index in [2.05, 4.69) is 22.2 Å². The van der Waals surface area contributed by atoms with Crippen LogP contribution >= 0.6 is 0 Å². The molecule has 2 aliphatic rings. The molecule has 0 bridgehead atoms. The van der Waals surface area contributed by atoms with Crippen molar-refractivity contribution in [1.29, 1.82) is 0 Å². The Bertz CT molecular complexity index is 151. The first-order chi connectivity index (χ1) is 6.36. The lowest BCUT2D eigenvalue weighted by Gasteiger charge is -2.38. The molecule has 4 heteroatoms. The Labute approximate surface area is 79.8 Å². The summed E-state index contributed by atoms with van der Waals surface area (Å²) in [5.41, 5.74) is 0. The molecule has 2 heterocycles. The molecule has 1 atom stereocenters. The number of piperazine rings is 1. The van der Waals surface area contributed by atoms with Crippen molar-refractivity contribution in [3.63, 3.8) is 0 Å². The van der Waals surface area contributed by atoms with Crippen LogP contribution in [0, 0.1) is 0 Å². The minimum absolute atomic E-state index is 0.336. The van der Waals surface area contributed by atoms with Gasteiger partial charge in [-0.1, -0.05) is 0 Å². The fourth-order valence-electron chi connectivity index (χ4n) is 1.85. The Morgan fingerprint density at radius 1 is 1.23 bits per heavy atom. The van der Waals surface area contributed by atoms with Crippen molar-refractivity contribution in [1.82, 2.24) is 15.1 Å². The van der Waals surface area contributed by atoms with Gasteiger partial charge in [0.2, 0.25) is 0 Å². The second-order valence-electron chi connectivity index (χ2n) is 3.80. The van der Waals surface area contributed by atoms with Gasteiger partial charge in [-0.2, -0.15) is 0 Å². The Morgan fingerprint density at radius 3 is 2.62 bits per heavy atom. The van der Waals surface area contributed by atoms with E-state index in [1.165, 1.54) is 0 Å². The Kier molecular flexibility index (Phi) is 3.16. The number of ether oxygens (including phenoxy) is 1. The van der Waals surface area contributed by atoms with E-state index in [-0.39, 0.29) is 0 Å². The van der Waals surface area contributed by atoms with Gasteiger partial charge in [-0.05, 0) is 7.05 Å². The van der Waals surface area contributed by atoms with Gasteiger partial charge in [0, 0.05) is 32.7 Å². The lowest BCUT2D eigenvalue weighted by atomic mass is 10.3. The van der Waals surface area contributed by atoms with Gasteiger partial charge in [-0.3, -0.25) is 4.90 Å². The van der Waals surface area contributed by atoms with E-state index in [1.54, 1.807) is 0 Å². The number of morpholine rings is 1. The second kappa shape index (κ2) is 4.37. The van der Waals surface area contributed by atoms with Crippen LogP contribution in [-0.2, 0) is 4.74 Å². The highest BCUT2D eigenvalue weighted by Gasteiger charge is 2.24. The van der Waals surface area contributed by atoms with Crippen molar-refractivity contribution in [2.75, 3.05) is 53.0 Å².